The van der Waals surface area contributed by atoms with E-state index in [2.05, 4.69) is 10.1 Å². The van der Waals surface area contributed by atoms with Crippen molar-refractivity contribution in [2.75, 3.05) is 0 Å². The Kier molecular flexibility index (Phi) is 2.85. The van der Waals surface area contributed by atoms with Crippen LogP contribution in [0.1, 0.15) is 10.5 Å². The molecule has 0 aliphatic heterocycles. The van der Waals surface area contributed by atoms with E-state index in [9.17, 15) is 4.79 Å². The number of pyridine rings is 1. The molecule has 3 aromatic heterocycles. The van der Waals surface area contributed by atoms with Crippen molar-refractivity contribution >= 4 is 17.3 Å². The lowest BCUT2D eigenvalue weighted by molar-refractivity contribution is 0.0690. The number of nitrogens with zero attached hydrogens (tertiary/aromatic N) is 3. The SMILES string of the molecule is O=C(O)c1cc(-c2cccs2)n(-c2ccncc2)n1. The van der Waals surface area contributed by atoms with E-state index >= 15 is 0 Å². The van der Waals surface area contributed by atoms with Crippen molar-refractivity contribution in [3.63, 3.8) is 0 Å². The molecule has 0 aliphatic rings. The van der Waals surface area contributed by atoms with E-state index in [1.165, 1.54) is 0 Å². The predicted octanol–water partition coefficient (Wildman–Crippen LogP) is 2.69. The maximum atomic E-state index is 11.1. The van der Waals surface area contributed by atoms with E-state index in [1.54, 1.807) is 46.6 Å². The van der Waals surface area contributed by atoms with Crippen LogP contribution in [0.25, 0.3) is 16.3 Å². The Hall–Kier alpha value is -2.47. The van der Waals surface area contributed by atoms with Gasteiger partial charge in [-0.15, -0.1) is 11.3 Å². The van der Waals surface area contributed by atoms with Gasteiger partial charge in [-0.3, -0.25) is 4.98 Å². The van der Waals surface area contributed by atoms with Crippen molar-refractivity contribution in [3.8, 4) is 16.3 Å². The van der Waals surface area contributed by atoms with Gasteiger partial charge in [0.15, 0.2) is 5.69 Å². The highest BCUT2D eigenvalue weighted by atomic mass is 32.1. The maximum absolute atomic E-state index is 11.1. The van der Waals surface area contributed by atoms with E-state index in [4.69, 9.17) is 5.11 Å². The van der Waals surface area contributed by atoms with Gasteiger partial charge in [0.05, 0.1) is 16.3 Å². The van der Waals surface area contributed by atoms with Gasteiger partial charge in [-0.05, 0) is 23.6 Å². The van der Waals surface area contributed by atoms with Crippen LogP contribution in [0.3, 0.4) is 0 Å². The number of aromatic carboxylic acids is 1. The van der Waals surface area contributed by atoms with Crippen LogP contribution < -0.4 is 0 Å². The highest BCUT2D eigenvalue weighted by molar-refractivity contribution is 7.13. The van der Waals surface area contributed by atoms with Gasteiger partial charge in [0, 0.05) is 18.5 Å². The van der Waals surface area contributed by atoms with E-state index in [0.717, 1.165) is 16.3 Å². The van der Waals surface area contributed by atoms with Crippen LogP contribution in [-0.2, 0) is 0 Å². The number of aromatic nitrogens is 3. The van der Waals surface area contributed by atoms with Gasteiger partial charge in [-0.25, -0.2) is 9.48 Å². The predicted molar refractivity (Wildman–Crippen MR) is 71.6 cm³/mol. The van der Waals surface area contributed by atoms with Crippen molar-refractivity contribution in [2.45, 2.75) is 0 Å². The molecule has 19 heavy (non-hydrogen) atoms. The molecule has 94 valence electrons. The van der Waals surface area contributed by atoms with Crippen molar-refractivity contribution in [3.05, 3.63) is 53.8 Å². The zero-order valence-corrected chi connectivity index (χ0v) is 10.5. The molecule has 0 radical (unpaired) electrons. The molecule has 3 rings (SSSR count). The van der Waals surface area contributed by atoms with Gasteiger partial charge in [0.2, 0.25) is 0 Å². The van der Waals surface area contributed by atoms with E-state index in [0.29, 0.717) is 0 Å². The van der Waals surface area contributed by atoms with Crippen LogP contribution in [0.5, 0.6) is 0 Å². The fraction of sp³-hybridized carbons (Fsp3) is 0. The Morgan fingerprint density at radius 3 is 2.68 bits per heavy atom. The molecule has 6 heteroatoms. The Labute approximate surface area is 112 Å². The average Bonchev–Trinajstić information content (AvgIpc) is 3.08. The van der Waals surface area contributed by atoms with Crippen LogP contribution >= 0.6 is 11.3 Å². The summed E-state index contributed by atoms with van der Waals surface area (Å²) in [4.78, 5) is 16.0. The largest absolute Gasteiger partial charge is 0.476 e. The van der Waals surface area contributed by atoms with E-state index in [-0.39, 0.29) is 5.69 Å². The highest BCUT2D eigenvalue weighted by Gasteiger charge is 2.16. The fourth-order valence-corrected chi connectivity index (χ4v) is 2.49. The van der Waals surface area contributed by atoms with Crippen LogP contribution in [0.15, 0.2) is 48.1 Å². The molecule has 1 N–H and O–H groups in total. The molecule has 0 atom stereocenters. The summed E-state index contributed by atoms with van der Waals surface area (Å²) < 4.78 is 1.62. The average molecular weight is 271 g/mol. The molecule has 0 aliphatic carbocycles. The molecule has 3 aromatic rings. The van der Waals surface area contributed by atoms with Gasteiger partial charge >= 0.3 is 5.97 Å². The summed E-state index contributed by atoms with van der Waals surface area (Å²) in [6, 6.07) is 9.01. The Morgan fingerprint density at radius 2 is 2.05 bits per heavy atom. The molecular formula is C13H9N3O2S. The second-order valence-corrected chi connectivity index (χ2v) is 4.76. The number of hydrogen-bond donors (Lipinski definition) is 1. The third-order valence-corrected chi connectivity index (χ3v) is 3.50. The van der Waals surface area contributed by atoms with Crippen molar-refractivity contribution in [1.82, 2.24) is 14.8 Å². The van der Waals surface area contributed by atoms with Crippen LogP contribution in [0.2, 0.25) is 0 Å². The van der Waals surface area contributed by atoms with Crippen LogP contribution in [0, 0.1) is 0 Å². The molecule has 0 unspecified atom stereocenters. The summed E-state index contributed by atoms with van der Waals surface area (Å²) in [5, 5.41) is 15.2. The fourth-order valence-electron chi connectivity index (χ4n) is 1.77. The molecule has 0 spiro atoms. The Morgan fingerprint density at radius 1 is 1.26 bits per heavy atom. The molecule has 0 saturated heterocycles. The smallest absolute Gasteiger partial charge is 0.356 e. The molecule has 0 bridgehead atoms. The second kappa shape index (κ2) is 4.66. The first-order valence-electron chi connectivity index (χ1n) is 5.53. The maximum Gasteiger partial charge on any atom is 0.356 e. The number of carboxylic acids is 1. The van der Waals surface area contributed by atoms with Crippen LogP contribution in [-0.4, -0.2) is 25.8 Å². The lowest BCUT2D eigenvalue weighted by atomic mass is 10.3. The molecule has 0 amide bonds. The number of carboxylic acid groups (broad SMARTS) is 1. The minimum absolute atomic E-state index is 0.0280. The summed E-state index contributed by atoms with van der Waals surface area (Å²) in [6.45, 7) is 0. The van der Waals surface area contributed by atoms with Gasteiger partial charge in [-0.2, -0.15) is 5.10 Å². The Bertz CT molecular complexity index is 705. The van der Waals surface area contributed by atoms with Gasteiger partial charge in [-0.1, -0.05) is 6.07 Å². The highest BCUT2D eigenvalue weighted by Crippen LogP contribution is 2.27. The quantitative estimate of drug-likeness (QED) is 0.795. The molecule has 3 heterocycles. The third kappa shape index (κ3) is 2.13. The zero-order valence-electron chi connectivity index (χ0n) is 9.72. The first kappa shape index (κ1) is 11.6. The third-order valence-electron chi connectivity index (χ3n) is 2.61. The first-order valence-corrected chi connectivity index (χ1v) is 6.41. The molecule has 0 fully saturated rings. The van der Waals surface area contributed by atoms with Crippen molar-refractivity contribution < 1.29 is 9.90 Å². The number of rotatable bonds is 3. The van der Waals surface area contributed by atoms with E-state index in [1.807, 2.05) is 17.5 Å². The monoisotopic (exact) mass is 271 g/mol. The summed E-state index contributed by atoms with van der Waals surface area (Å²) >= 11 is 1.54. The lowest BCUT2D eigenvalue weighted by Crippen LogP contribution is -2.02. The standard InChI is InChI=1S/C13H9N3O2S/c17-13(18)10-8-11(12-2-1-7-19-12)16(15-10)9-3-5-14-6-4-9/h1-8H,(H,17,18). The number of thiophene rings is 1. The Balaban J connectivity index is 2.20. The lowest BCUT2D eigenvalue weighted by Gasteiger charge is -2.04. The minimum Gasteiger partial charge on any atom is -0.476 e. The van der Waals surface area contributed by atoms with Gasteiger partial charge < -0.3 is 5.11 Å². The molecule has 0 saturated carbocycles. The molecule has 5 nitrogen and oxygen atoms in total. The minimum atomic E-state index is -1.04. The molecule has 0 aromatic carbocycles. The number of hydrogen-bond acceptors (Lipinski definition) is 4. The zero-order chi connectivity index (χ0) is 13.2. The van der Waals surface area contributed by atoms with Gasteiger partial charge in [0.25, 0.3) is 0 Å². The molecular weight excluding hydrogens is 262 g/mol. The normalized spacial score (nSPS) is 10.5. The summed E-state index contributed by atoms with van der Waals surface area (Å²) in [6.07, 6.45) is 3.30. The van der Waals surface area contributed by atoms with Crippen molar-refractivity contribution in [1.29, 1.82) is 0 Å². The van der Waals surface area contributed by atoms with Gasteiger partial charge in [0.1, 0.15) is 0 Å². The van der Waals surface area contributed by atoms with E-state index < -0.39 is 5.97 Å². The van der Waals surface area contributed by atoms with Crippen molar-refractivity contribution in [2.24, 2.45) is 0 Å². The summed E-state index contributed by atoms with van der Waals surface area (Å²) in [5.41, 5.74) is 1.57. The first-order chi connectivity index (χ1) is 9.25. The number of carbonyl (C=O) groups is 1. The topological polar surface area (TPSA) is 68.0 Å². The summed E-state index contributed by atoms with van der Waals surface area (Å²) in [5.74, 6) is -1.04. The van der Waals surface area contributed by atoms with Crippen LogP contribution in [0.4, 0.5) is 0 Å². The second-order valence-electron chi connectivity index (χ2n) is 3.81. The summed E-state index contributed by atoms with van der Waals surface area (Å²) in [7, 11) is 0.